The van der Waals surface area contributed by atoms with Gasteiger partial charge in [0.1, 0.15) is 11.9 Å². The zero-order valence-corrected chi connectivity index (χ0v) is 24.0. The molecule has 0 saturated heterocycles. The number of nitrogens with one attached hydrogen (secondary N) is 2. The molecule has 1 heterocycles. The number of hydrogen-bond donors (Lipinski definition) is 3. The minimum Gasteiger partial charge on any atom is -0.480 e. The van der Waals surface area contributed by atoms with Crippen molar-refractivity contribution in [3.05, 3.63) is 100 Å². The van der Waals surface area contributed by atoms with Gasteiger partial charge in [-0.2, -0.15) is 0 Å². The predicted octanol–water partition coefficient (Wildman–Crippen LogP) is 6.33. The molecule has 0 fully saturated rings. The van der Waals surface area contributed by atoms with Crippen LogP contribution in [0.15, 0.2) is 72.8 Å². The monoisotopic (exact) mass is 589 g/mol. The van der Waals surface area contributed by atoms with Crippen LogP contribution in [0.25, 0.3) is 10.9 Å². The van der Waals surface area contributed by atoms with Crippen molar-refractivity contribution in [3.8, 4) is 0 Å². The standard InChI is InChI=1S/C33H33ClFN3O4/c1-2-28(33(41)42)38-29-14-10-23(35)18-26(29)27-19-25(13-15-30(27)38)37-32(40)21(16-20-6-4-3-5-7-20)17-31(39)36-24-11-8-22(34)9-12-24/h3-12,14,18,21,25,28H,2,13,15-17,19H2,1H3,(H,36,39)(H,37,40)(H,41,42)/t21?,25-,28?/m0/s1. The molecule has 4 aromatic rings. The van der Waals surface area contributed by atoms with Gasteiger partial charge in [0.05, 0.1) is 5.92 Å². The first-order valence-corrected chi connectivity index (χ1v) is 14.5. The van der Waals surface area contributed by atoms with E-state index in [9.17, 15) is 23.9 Å². The summed E-state index contributed by atoms with van der Waals surface area (Å²) in [7, 11) is 0. The Labute approximate surface area is 248 Å². The summed E-state index contributed by atoms with van der Waals surface area (Å²) in [6.45, 7) is 1.82. The van der Waals surface area contributed by atoms with E-state index in [1.54, 1.807) is 30.3 Å². The van der Waals surface area contributed by atoms with Crippen molar-refractivity contribution in [1.82, 2.24) is 9.88 Å². The van der Waals surface area contributed by atoms with E-state index in [0.29, 0.717) is 53.7 Å². The number of aromatic nitrogens is 1. The molecule has 3 atom stereocenters. The Hall–Kier alpha value is -4.17. The molecule has 0 saturated carbocycles. The van der Waals surface area contributed by atoms with Gasteiger partial charge < -0.3 is 20.3 Å². The molecule has 1 aromatic heterocycles. The second kappa shape index (κ2) is 12.8. The second-order valence-corrected chi connectivity index (χ2v) is 11.2. The summed E-state index contributed by atoms with van der Waals surface area (Å²) in [5.74, 6) is -2.46. The van der Waals surface area contributed by atoms with Crippen LogP contribution in [-0.2, 0) is 33.6 Å². The van der Waals surface area contributed by atoms with Crippen LogP contribution in [0, 0.1) is 11.7 Å². The number of hydrogen-bond acceptors (Lipinski definition) is 3. The molecule has 0 bridgehead atoms. The summed E-state index contributed by atoms with van der Waals surface area (Å²) < 4.78 is 16.2. The average Bonchev–Trinajstić information content (AvgIpc) is 3.27. The van der Waals surface area contributed by atoms with Crippen LogP contribution in [0.5, 0.6) is 0 Å². The van der Waals surface area contributed by atoms with E-state index in [1.807, 2.05) is 41.8 Å². The number of nitrogens with zero attached hydrogens (tertiary/aromatic N) is 1. The van der Waals surface area contributed by atoms with Crippen molar-refractivity contribution in [1.29, 1.82) is 0 Å². The molecule has 3 N–H and O–H groups in total. The first kappa shape index (κ1) is 29.3. The van der Waals surface area contributed by atoms with Gasteiger partial charge in [-0.3, -0.25) is 9.59 Å². The lowest BCUT2D eigenvalue weighted by Gasteiger charge is -2.28. The van der Waals surface area contributed by atoms with Crippen LogP contribution in [0.1, 0.15) is 49.0 Å². The number of anilines is 1. The SMILES string of the molecule is CCC(C(=O)O)n1c2c(c3cc(F)ccc31)C[C@@H](NC(=O)C(CC(=O)Nc1ccc(Cl)cc1)Cc1ccccc1)CC2. The third-order valence-corrected chi connectivity index (χ3v) is 8.20. The van der Waals surface area contributed by atoms with Gasteiger partial charge >= 0.3 is 5.97 Å². The largest absolute Gasteiger partial charge is 0.480 e. The average molecular weight is 590 g/mol. The highest BCUT2D eigenvalue weighted by molar-refractivity contribution is 6.30. The number of fused-ring (bicyclic) bond motifs is 3. The van der Waals surface area contributed by atoms with Gasteiger partial charge in [-0.25, -0.2) is 9.18 Å². The molecule has 218 valence electrons. The molecule has 2 unspecified atom stereocenters. The molecule has 2 amide bonds. The van der Waals surface area contributed by atoms with E-state index in [2.05, 4.69) is 10.6 Å². The number of rotatable bonds is 10. The summed E-state index contributed by atoms with van der Waals surface area (Å²) >= 11 is 5.95. The van der Waals surface area contributed by atoms with Crippen LogP contribution in [0.2, 0.25) is 5.02 Å². The zero-order chi connectivity index (χ0) is 29.8. The maximum absolute atomic E-state index is 14.3. The van der Waals surface area contributed by atoms with E-state index in [-0.39, 0.29) is 24.3 Å². The third kappa shape index (κ3) is 6.49. The van der Waals surface area contributed by atoms with Crippen LogP contribution < -0.4 is 10.6 Å². The van der Waals surface area contributed by atoms with Crippen molar-refractivity contribution in [2.75, 3.05) is 5.32 Å². The lowest BCUT2D eigenvalue weighted by molar-refractivity contribution is -0.141. The third-order valence-electron chi connectivity index (χ3n) is 7.95. The van der Waals surface area contributed by atoms with Gasteiger partial charge in [0.15, 0.2) is 0 Å². The molecule has 1 aliphatic carbocycles. The van der Waals surface area contributed by atoms with E-state index < -0.39 is 23.7 Å². The van der Waals surface area contributed by atoms with E-state index >= 15 is 0 Å². The van der Waals surface area contributed by atoms with Crippen LogP contribution in [-0.4, -0.2) is 33.5 Å². The van der Waals surface area contributed by atoms with Crippen molar-refractivity contribution >= 4 is 46.0 Å². The molecule has 5 rings (SSSR count). The van der Waals surface area contributed by atoms with E-state index in [4.69, 9.17) is 11.6 Å². The normalized spacial score (nSPS) is 15.9. The minimum absolute atomic E-state index is 0.0113. The maximum atomic E-state index is 14.3. The number of carbonyl (C=O) groups is 3. The Balaban J connectivity index is 1.37. The Bertz CT molecular complexity index is 1600. The molecule has 0 radical (unpaired) electrons. The highest BCUT2D eigenvalue weighted by Gasteiger charge is 2.32. The fourth-order valence-corrected chi connectivity index (χ4v) is 6.08. The van der Waals surface area contributed by atoms with Gasteiger partial charge in [0.25, 0.3) is 0 Å². The molecule has 42 heavy (non-hydrogen) atoms. The number of carboxylic acid groups (broad SMARTS) is 1. The Morgan fingerprint density at radius 3 is 2.50 bits per heavy atom. The fourth-order valence-electron chi connectivity index (χ4n) is 5.96. The van der Waals surface area contributed by atoms with E-state index in [0.717, 1.165) is 16.8 Å². The molecule has 3 aromatic carbocycles. The van der Waals surface area contributed by atoms with Gasteiger partial charge in [0, 0.05) is 39.8 Å². The first-order chi connectivity index (χ1) is 20.2. The van der Waals surface area contributed by atoms with Crippen LogP contribution in [0.3, 0.4) is 0 Å². The highest BCUT2D eigenvalue weighted by atomic mass is 35.5. The van der Waals surface area contributed by atoms with Crippen LogP contribution in [0.4, 0.5) is 10.1 Å². The number of aliphatic carboxylic acids is 1. The second-order valence-electron chi connectivity index (χ2n) is 10.8. The Morgan fingerprint density at radius 2 is 1.81 bits per heavy atom. The lowest BCUT2D eigenvalue weighted by Crippen LogP contribution is -2.43. The topological polar surface area (TPSA) is 100 Å². The van der Waals surface area contributed by atoms with Crippen molar-refractivity contribution in [3.63, 3.8) is 0 Å². The van der Waals surface area contributed by atoms with Gasteiger partial charge in [0.2, 0.25) is 11.8 Å². The molecule has 9 heteroatoms. The Kier molecular flexibility index (Phi) is 8.92. The molecule has 0 aliphatic heterocycles. The lowest BCUT2D eigenvalue weighted by atomic mass is 9.89. The summed E-state index contributed by atoms with van der Waals surface area (Å²) in [4.78, 5) is 38.7. The highest BCUT2D eigenvalue weighted by Crippen LogP contribution is 2.36. The van der Waals surface area contributed by atoms with Crippen molar-refractivity contribution in [2.45, 2.75) is 57.5 Å². The molecule has 7 nitrogen and oxygen atoms in total. The zero-order valence-electron chi connectivity index (χ0n) is 23.3. The number of carbonyl (C=O) groups excluding carboxylic acids is 2. The minimum atomic E-state index is -0.933. The maximum Gasteiger partial charge on any atom is 0.326 e. The Morgan fingerprint density at radius 1 is 1.07 bits per heavy atom. The van der Waals surface area contributed by atoms with E-state index in [1.165, 1.54) is 12.1 Å². The van der Waals surface area contributed by atoms with Crippen molar-refractivity contribution in [2.24, 2.45) is 5.92 Å². The van der Waals surface area contributed by atoms with Gasteiger partial charge in [-0.05, 0) is 85.7 Å². The quantitative estimate of drug-likeness (QED) is 0.201. The summed E-state index contributed by atoms with van der Waals surface area (Å²) in [5.41, 5.74) is 3.96. The number of carboxylic acids is 1. The number of amides is 2. The number of halogens is 2. The fraction of sp³-hybridized carbons (Fsp3) is 0.303. The van der Waals surface area contributed by atoms with Crippen LogP contribution >= 0.6 is 11.6 Å². The van der Waals surface area contributed by atoms with Gasteiger partial charge in [-0.1, -0.05) is 48.9 Å². The molecule has 0 spiro atoms. The predicted molar refractivity (Wildman–Crippen MR) is 161 cm³/mol. The first-order valence-electron chi connectivity index (χ1n) is 14.2. The summed E-state index contributed by atoms with van der Waals surface area (Å²) in [5, 5.41) is 17.1. The number of benzene rings is 3. The molecular weight excluding hydrogens is 557 g/mol. The summed E-state index contributed by atoms with van der Waals surface area (Å²) in [6.07, 6.45) is 2.35. The molecular formula is C33H33ClFN3O4. The molecule has 1 aliphatic rings. The smallest absolute Gasteiger partial charge is 0.326 e. The van der Waals surface area contributed by atoms with Gasteiger partial charge in [-0.15, -0.1) is 0 Å². The summed E-state index contributed by atoms with van der Waals surface area (Å²) in [6, 6.07) is 19.8. The van der Waals surface area contributed by atoms with Crippen molar-refractivity contribution < 1.29 is 23.9 Å².